The van der Waals surface area contributed by atoms with Gasteiger partial charge in [0.15, 0.2) is 0 Å². The molecule has 1 aromatic rings. The fourth-order valence-electron chi connectivity index (χ4n) is 2.51. The van der Waals surface area contributed by atoms with Gasteiger partial charge in [-0.1, -0.05) is 25.5 Å². The number of carbonyl (C=O) groups is 3. The van der Waals surface area contributed by atoms with Gasteiger partial charge in [-0.2, -0.15) is 0 Å². The lowest BCUT2D eigenvalue weighted by Gasteiger charge is -2.19. The molecular formula is C17H23N3O3. The first-order valence-electron chi connectivity index (χ1n) is 8.06. The molecule has 3 amide bonds. The number of likely N-dealkylation sites (tertiary alicyclic amines) is 1. The second-order valence-corrected chi connectivity index (χ2v) is 5.68. The second kappa shape index (κ2) is 8.31. The van der Waals surface area contributed by atoms with Crippen molar-refractivity contribution in [2.45, 2.75) is 39.0 Å². The van der Waals surface area contributed by atoms with Gasteiger partial charge in [-0.3, -0.25) is 25.2 Å². The molecule has 0 atom stereocenters. The first-order chi connectivity index (χ1) is 11.1. The Balaban J connectivity index is 1.80. The smallest absolute Gasteiger partial charge is 0.269 e. The highest BCUT2D eigenvalue weighted by Gasteiger charge is 2.19. The summed E-state index contributed by atoms with van der Waals surface area (Å²) in [6.45, 7) is 2.62. The summed E-state index contributed by atoms with van der Waals surface area (Å²) in [4.78, 5) is 37.2. The number of hydrogen-bond donors (Lipinski definition) is 2. The van der Waals surface area contributed by atoms with Crippen molar-refractivity contribution < 1.29 is 14.4 Å². The molecule has 1 aromatic carbocycles. The summed E-state index contributed by atoms with van der Waals surface area (Å²) in [5.41, 5.74) is 6.37. The van der Waals surface area contributed by atoms with Crippen molar-refractivity contribution in [2.75, 3.05) is 13.1 Å². The molecule has 1 aliphatic rings. The maximum Gasteiger partial charge on any atom is 0.269 e. The van der Waals surface area contributed by atoms with Crippen molar-refractivity contribution >= 4 is 17.7 Å². The molecule has 1 heterocycles. The van der Waals surface area contributed by atoms with E-state index in [4.69, 9.17) is 0 Å². The van der Waals surface area contributed by atoms with Gasteiger partial charge in [-0.05, 0) is 37.0 Å². The van der Waals surface area contributed by atoms with Crippen LogP contribution in [0.2, 0.25) is 0 Å². The number of carbonyl (C=O) groups excluding carboxylic acids is 3. The van der Waals surface area contributed by atoms with E-state index in [1.807, 2.05) is 19.1 Å². The molecule has 0 spiro atoms. The molecule has 2 N–H and O–H groups in total. The topological polar surface area (TPSA) is 78.5 Å². The van der Waals surface area contributed by atoms with Gasteiger partial charge in [0.25, 0.3) is 11.8 Å². The van der Waals surface area contributed by atoms with Crippen molar-refractivity contribution in [1.82, 2.24) is 15.8 Å². The van der Waals surface area contributed by atoms with E-state index in [-0.39, 0.29) is 18.4 Å². The Morgan fingerprint density at radius 2 is 1.83 bits per heavy atom. The number of rotatable bonds is 4. The molecule has 0 unspecified atom stereocenters. The molecule has 2 rings (SSSR count). The molecule has 0 bridgehead atoms. The van der Waals surface area contributed by atoms with Crippen molar-refractivity contribution in [3.05, 3.63) is 35.4 Å². The van der Waals surface area contributed by atoms with Crippen molar-refractivity contribution in [3.8, 4) is 0 Å². The lowest BCUT2D eigenvalue weighted by atomic mass is 10.1. The Bertz CT molecular complexity index is 569. The van der Waals surface area contributed by atoms with Crippen LogP contribution in [-0.2, 0) is 16.0 Å². The highest BCUT2D eigenvalue weighted by Crippen LogP contribution is 2.10. The van der Waals surface area contributed by atoms with Crippen LogP contribution in [0.1, 0.15) is 48.5 Å². The monoisotopic (exact) mass is 317 g/mol. The fourth-order valence-corrected chi connectivity index (χ4v) is 2.51. The third kappa shape index (κ3) is 5.09. The number of aryl methyl sites for hydroxylation is 1. The van der Waals surface area contributed by atoms with E-state index in [1.165, 1.54) is 0 Å². The van der Waals surface area contributed by atoms with E-state index in [0.29, 0.717) is 18.5 Å². The molecular weight excluding hydrogens is 294 g/mol. The molecule has 6 nitrogen and oxygen atoms in total. The third-order valence-electron chi connectivity index (χ3n) is 3.95. The summed E-state index contributed by atoms with van der Waals surface area (Å²) < 4.78 is 0. The van der Waals surface area contributed by atoms with E-state index in [2.05, 4.69) is 10.9 Å². The minimum absolute atomic E-state index is 0.000805. The number of nitrogens with zero attached hydrogens (tertiary/aromatic N) is 1. The molecule has 0 saturated carbocycles. The number of benzene rings is 1. The van der Waals surface area contributed by atoms with Gasteiger partial charge in [-0.15, -0.1) is 0 Å². The van der Waals surface area contributed by atoms with Gasteiger partial charge in [0.2, 0.25) is 5.91 Å². The zero-order chi connectivity index (χ0) is 16.7. The standard InChI is InChI=1S/C17H23N3O3/c1-2-13-7-9-14(10-8-13)17(23)19-18-15(21)12-20-11-5-3-4-6-16(20)22/h7-10H,2-6,11-12H2,1H3,(H,18,21)(H,19,23). The van der Waals surface area contributed by atoms with Crippen LogP contribution in [0, 0.1) is 0 Å². The van der Waals surface area contributed by atoms with Gasteiger partial charge in [0.05, 0.1) is 0 Å². The summed E-state index contributed by atoms with van der Waals surface area (Å²) in [5.74, 6) is -0.763. The SMILES string of the molecule is CCc1ccc(C(=O)NNC(=O)CN2CCCCCC2=O)cc1. The van der Waals surface area contributed by atoms with Crippen LogP contribution >= 0.6 is 0 Å². The van der Waals surface area contributed by atoms with E-state index in [1.54, 1.807) is 17.0 Å². The van der Waals surface area contributed by atoms with Crippen molar-refractivity contribution in [1.29, 1.82) is 0 Å². The Hall–Kier alpha value is -2.37. The summed E-state index contributed by atoms with van der Waals surface area (Å²) in [5, 5.41) is 0. The summed E-state index contributed by atoms with van der Waals surface area (Å²) in [6.07, 6.45) is 4.19. The van der Waals surface area contributed by atoms with Crippen LogP contribution in [0.15, 0.2) is 24.3 Å². The normalized spacial score (nSPS) is 15.0. The largest absolute Gasteiger partial charge is 0.333 e. The lowest BCUT2D eigenvalue weighted by Crippen LogP contribution is -2.47. The predicted octanol–water partition coefficient (Wildman–Crippen LogP) is 1.41. The van der Waals surface area contributed by atoms with E-state index >= 15 is 0 Å². The summed E-state index contributed by atoms with van der Waals surface area (Å²) in [6, 6.07) is 7.20. The van der Waals surface area contributed by atoms with Crippen molar-refractivity contribution in [3.63, 3.8) is 0 Å². The molecule has 0 aliphatic carbocycles. The maximum atomic E-state index is 12.0. The summed E-state index contributed by atoms with van der Waals surface area (Å²) >= 11 is 0. The Morgan fingerprint density at radius 1 is 1.09 bits per heavy atom. The van der Waals surface area contributed by atoms with Crippen LogP contribution < -0.4 is 10.9 Å². The average Bonchev–Trinajstić information content (AvgIpc) is 2.77. The van der Waals surface area contributed by atoms with Crippen LogP contribution in [0.25, 0.3) is 0 Å². The second-order valence-electron chi connectivity index (χ2n) is 5.68. The molecule has 23 heavy (non-hydrogen) atoms. The van der Waals surface area contributed by atoms with Crippen molar-refractivity contribution in [2.24, 2.45) is 0 Å². The van der Waals surface area contributed by atoms with Gasteiger partial charge >= 0.3 is 0 Å². The molecule has 0 aromatic heterocycles. The van der Waals surface area contributed by atoms with E-state index in [0.717, 1.165) is 31.2 Å². The van der Waals surface area contributed by atoms with E-state index < -0.39 is 5.91 Å². The maximum absolute atomic E-state index is 12.0. The van der Waals surface area contributed by atoms with Crippen LogP contribution in [0.5, 0.6) is 0 Å². The molecule has 1 saturated heterocycles. The van der Waals surface area contributed by atoms with Gasteiger partial charge in [-0.25, -0.2) is 0 Å². The number of amides is 3. The van der Waals surface area contributed by atoms with Gasteiger partial charge in [0, 0.05) is 18.5 Å². The predicted molar refractivity (Wildman–Crippen MR) is 86.5 cm³/mol. The van der Waals surface area contributed by atoms with Crippen LogP contribution in [0.4, 0.5) is 0 Å². The third-order valence-corrected chi connectivity index (χ3v) is 3.95. The molecule has 1 fully saturated rings. The number of hydrogen-bond acceptors (Lipinski definition) is 3. The molecule has 124 valence electrons. The Kier molecular flexibility index (Phi) is 6.14. The summed E-state index contributed by atoms with van der Waals surface area (Å²) in [7, 11) is 0. The van der Waals surface area contributed by atoms with Gasteiger partial charge < -0.3 is 4.90 Å². The molecule has 0 radical (unpaired) electrons. The molecule has 6 heteroatoms. The fraction of sp³-hybridized carbons (Fsp3) is 0.471. The quantitative estimate of drug-likeness (QED) is 0.824. The first-order valence-corrected chi connectivity index (χ1v) is 8.06. The van der Waals surface area contributed by atoms with Crippen LogP contribution in [-0.4, -0.2) is 35.7 Å². The highest BCUT2D eigenvalue weighted by atomic mass is 16.2. The number of hydrazine groups is 1. The van der Waals surface area contributed by atoms with E-state index in [9.17, 15) is 14.4 Å². The van der Waals surface area contributed by atoms with Gasteiger partial charge in [0.1, 0.15) is 6.54 Å². The Labute approximate surface area is 136 Å². The average molecular weight is 317 g/mol. The minimum atomic E-state index is -0.390. The lowest BCUT2D eigenvalue weighted by molar-refractivity contribution is -0.135. The zero-order valence-corrected chi connectivity index (χ0v) is 13.4. The minimum Gasteiger partial charge on any atom is -0.333 e. The highest BCUT2D eigenvalue weighted by molar-refractivity contribution is 5.95. The molecule has 1 aliphatic heterocycles. The Morgan fingerprint density at radius 3 is 2.52 bits per heavy atom. The number of nitrogens with one attached hydrogen (secondary N) is 2. The first kappa shape index (κ1) is 17.0. The zero-order valence-electron chi connectivity index (χ0n) is 13.4. The van der Waals surface area contributed by atoms with Crippen LogP contribution in [0.3, 0.4) is 0 Å².